The van der Waals surface area contributed by atoms with E-state index in [1.807, 2.05) is 31.5 Å². The molecule has 32 heavy (non-hydrogen) atoms. The van der Waals surface area contributed by atoms with Crippen LogP contribution in [0.25, 0.3) is 28.0 Å². The van der Waals surface area contributed by atoms with E-state index in [0.29, 0.717) is 5.56 Å². The highest BCUT2D eigenvalue weighted by atomic mass is 16.1. The normalized spacial score (nSPS) is 14.7. The van der Waals surface area contributed by atoms with Crippen molar-refractivity contribution in [1.82, 2.24) is 24.9 Å². The lowest BCUT2D eigenvalue weighted by molar-refractivity contribution is 0.101. The molecule has 0 radical (unpaired) electrons. The van der Waals surface area contributed by atoms with E-state index >= 15 is 0 Å². The molecule has 1 N–H and O–H groups in total. The minimum atomic E-state index is 0.0478. The number of nitrogens with one attached hydrogen (secondary N) is 1. The first-order valence-corrected chi connectivity index (χ1v) is 11.2. The van der Waals surface area contributed by atoms with Crippen molar-refractivity contribution >= 4 is 11.4 Å². The van der Waals surface area contributed by atoms with Crippen LogP contribution < -0.4 is 5.32 Å². The Hall–Kier alpha value is -3.38. The molecule has 162 valence electrons. The molecular weight excluding hydrogens is 398 g/mol. The van der Waals surface area contributed by atoms with Gasteiger partial charge >= 0.3 is 0 Å². The summed E-state index contributed by atoms with van der Waals surface area (Å²) in [5, 5.41) is 7.98. The maximum absolute atomic E-state index is 12.5. The molecule has 1 aliphatic heterocycles. The number of hydrogen-bond donors (Lipinski definition) is 1. The molecule has 0 saturated carbocycles. The molecule has 0 amide bonds. The molecule has 4 heterocycles. The Morgan fingerprint density at radius 2 is 1.88 bits per heavy atom. The van der Waals surface area contributed by atoms with Crippen molar-refractivity contribution in [3.05, 3.63) is 71.3 Å². The van der Waals surface area contributed by atoms with Gasteiger partial charge in [0.1, 0.15) is 0 Å². The van der Waals surface area contributed by atoms with Gasteiger partial charge in [0, 0.05) is 28.8 Å². The van der Waals surface area contributed by atoms with Gasteiger partial charge in [0.15, 0.2) is 11.4 Å². The van der Waals surface area contributed by atoms with Crippen LogP contribution in [0.1, 0.15) is 53.0 Å². The molecular formula is C26H27N5O. The molecule has 6 heteroatoms. The lowest BCUT2D eigenvalue weighted by Gasteiger charge is -2.24. The van der Waals surface area contributed by atoms with Crippen molar-refractivity contribution in [1.29, 1.82) is 0 Å². The fraction of sp³-hybridized carbons (Fsp3) is 0.308. The molecule has 1 aliphatic rings. The lowest BCUT2D eigenvalue weighted by Crippen LogP contribution is -2.28. The zero-order valence-corrected chi connectivity index (χ0v) is 18.7. The summed E-state index contributed by atoms with van der Waals surface area (Å²) in [6.07, 6.45) is 5.68. The first-order chi connectivity index (χ1) is 15.5. The maximum atomic E-state index is 12.5. The van der Waals surface area contributed by atoms with E-state index in [1.165, 1.54) is 5.56 Å². The van der Waals surface area contributed by atoms with Crippen LogP contribution in [0.5, 0.6) is 0 Å². The van der Waals surface area contributed by atoms with Crippen LogP contribution in [-0.4, -0.2) is 38.5 Å². The second kappa shape index (κ2) is 8.28. The monoisotopic (exact) mass is 425 g/mol. The van der Waals surface area contributed by atoms with Crippen LogP contribution in [0.4, 0.5) is 0 Å². The summed E-state index contributed by atoms with van der Waals surface area (Å²) < 4.78 is 1.80. The zero-order valence-electron chi connectivity index (χ0n) is 18.7. The number of fused-ring (bicyclic) bond motifs is 1. The first-order valence-electron chi connectivity index (χ1n) is 11.2. The van der Waals surface area contributed by atoms with Gasteiger partial charge in [-0.1, -0.05) is 29.8 Å². The number of aryl methyl sites for hydroxylation is 2. The second-order valence-electron chi connectivity index (χ2n) is 8.63. The summed E-state index contributed by atoms with van der Waals surface area (Å²) in [5.74, 6) is 0.329. The molecule has 1 aromatic carbocycles. The molecule has 0 atom stereocenters. The molecule has 1 saturated heterocycles. The molecule has 0 unspecified atom stereocenters. The van der Waals surface area contributed by atoms with Gasteiger partial charge in [-0.15, -0.1) is 0 Å². The van der Waals surface area contributed by atoms with E-state index in [0.717, 1.165) is 65.4 Å². The fourth-order valence-corrected chi connectivity index (χ4v) is 4.71. The minimum Gasteiger partial charge on any atom is -0.317 e. The number of piperidine rings is 1. The Balaban J connectivity index is 1.60. The Kier molecular flexibility index (Phi) is 5.31. The summed E-state index contributed by atoms with van der Waals surface area (Å²) in [6.45, 7) is 7.57. The van der Waals surface area contributed by atoms with Crippen LogP contribution >= 0.6 is 0 Å². The highest BCUT2D eigenvalue weighted by Gasteiger charge is 2.26. The molecule has 6 nitrogen and oxygen atoms in total. The molecule has 0 spiro atoms. The average molecular weight is 426 g/mol. The Labute approximate surface area is 187 Å². The van der Waals surface area contributed by atoms with Crippen molar-refractivity contribution in [2.75, 3.05) is 13.1 Å². The highest BCUT2D eigenvalue weighted by Crippen LogP contribution is 2.32. The summed E-state index contributed by atoms with van der Waals surface area (Å²) in [4.78, 5) is 22.3. The van der Waals surface area contributed by atoms with Gasteiger partial charge in [-0.2, -0.15) is 5.10 Å². The smallest absolute Gasteiger partial charge is 0.163 e. The average Bonchev–Trinajstić information content (AvgIpc) is 3.24. The number of rotatable bonds is 4. The predicted molar refractivity (Wildman–Crippen MR) is 126 cm³/mol. The van der Waals surface area contributed by atoms with Gasteiger partial charge in [-0.25, -0.2) is 9.50 Å². The SMILES string of the molecule is CC(=O)c1c(C2CCNCC2)nc2c(-c3ccc(-c4cccc(C)c4)nc3)cnn2c1C. The molecule has 3 aromatic heterocycles. The summed E-state index contributed by atoms with van der Waals surface area (Å²) >= 11 is 0. The predicted octanol–water partition coefficient (Wildman–Crippen LogP) is 4.74. The number of ketones is 1. The van der Waals surface area contributed by atoms with E-state index in [-0.39, 0.29) is 11.7 Å². The topological polar surface area (TPSA) is 72.2 Å². The molecule has 4 aromatic rings. The number of benzene rings is 1. The van der Waals surface area contributed by atoms with Crippen molar-refractivity contribution < 1.29 is 4.79 Å². The van der Waals surface area contributed by atoms with Gasteiger partial charge < -0.3 is 5.32 Å². The van der Waals surface area contributed by atoms with Crippen LogP contribution in [0.2, 0.25) is 0 Å². The van der Waals surface area contributed by atoms with Gasteiger partial charge in [-0.3, -0.25) is 9.78 Å². The second-order valence-corrected chi connectivity index (χ2v) is 8.63. The Morgan fingerprint density at radius 3 is 2.56 bits per heavy atom. The summed E-state index contributed by atoms with van der Waals surface area (Å²) in [7, 11) is 0. The molecule has 0 aliphatic carbocycles. The quantitative estimate of drug-likeness (QED) is 0.478. The van der Waals surface area contributed by atoms with Crippen LogP contribution in [-0.2, 0) is 0 Å². The van der Waals surface area contributed by atoms with Crippen molar-refractivity contribution in [3.63, 3.8) is 0 Å². The third-order valence-corrected chi connectivity index (χ3v) is 6.37. The van der Waals surface area contributed by atoms with E-state index in [2.05, 4.69) is 41.6 Å². The number of Topliss-reactive ketones (excluding diaryl/α,β-unsaturated/α-hetero) is 1. The van der Waals surface area contributed by atoms with Gasteiger partial charge in [0.2, 0.25) is 0 Å². The largest absolute Gasteiger partial charge is 0.317 e. The third kappa shape index (κ3) is 3.60. The third-order valence-electron chi connectivity index (χ3n) is 6.37. The van der Waals surface area contributed by atoms with Crippen molar-refractivity contribution in [2.45, 2.75) is 39.5 Å². The van der Waals surface area contributed by atoms with Crippen LogP contribution in [0.3, 0.4) is 0 Å². The molecule has 5 rings (SSSR count). The summed E-state index contributed by atoms with van der Waals surface area (Å²) in [6, 6.07) is 12.5. The van der Waals surface area contributed by atoms with Crippen LogP contribution in [0.15, 0.2) is 48.8 Å². The Morgan fingerprint density at radius 1 is 1.06 bits per heavy atom. The zero-order chi connectivity index (χ0) is 22.2. The van der Waals surface area contributed by atoms with E-state index in [9.17, 15) is 4.79 Å². The maximum Gasteiger partial charge on any atom is 0.163 e. The van der Waals surface area contributed by atoms with Gasteiger partial charge in [0.05, 0.1) is 28.8 Å². The van der Waals surface area contributed by atoms with Gasteiger partial charge in [-0.05, 0) is 58.8 Å². The highest BCUT2D eigenvalue weighted by molar-refractivity contribution is 5.97. The molecule has 0 bridgehead atoms. The standard InChI is InChI=1S/C26H27N5O/c1-16-5-4-6-20(13-16)23-8-7-21(14-28-23)22-15-29-31-17(2)24(18(3)32)25(30-26(22)31)19-9-11-27-12-10-19/h4-8,13-15,19,27H,9-12H2,1-3H3. The minimum absolute atomic E-state index is 0.0478. The first kappa shape index (κ1) is 20.5. The Bertz CT molecular complexity index is 1300. The number of pyridine rings is 1. The van der Waals surface area contributed by atoms with E-state index < -0.39 is 0 Å². The van der Waals surface area contributed by atoms with Crippen LogP contribution in [0, 0.1) is 13.8 Å². The van der Waals surface area contributed by atoms with E-state index in [1.54, 1.807) is 11.4 Å². The van der Waals surface area contributed by atoms with Gasteiger partial charge in [0.25, 0.3) is 0 Å². The number of hydrogen-bond acceptors (Lipinski definition) is 5. The number of carbonyl (C=O) groups is 1. The number of carbonyl (C=O) groups excluding carboxylic acids is 1. The van der Waals surface area contributed by atoms with E-state index in [4.69, 9.17) is 9.97 Å². The number of aromatic nitrogens is 4. The van der Waals surface area contributed by atoms with Crippen molar-refractivity contribution in [3.8, 4) is 22.4 Å². The lowest BCUT2D eigenvalue weighted by atomic mass is 9.89. The fourth-order valence-electron chi connectivity index (χ4n) is 4.71. The molecule has 1 fully saturated rings. The van der Waals surface area contributed by atoms with Crippen molar-refractivity contribution in [2.24, 2.45) is 0 Å². The number of nitrogens with zero attached hydrogens (tertiary/aromatic N) is 4. The summed E-state index contributed by atoms with van der Waals surface area (Å²) in [5.41, 5.74) is 8.41.